The van der Waals surface area contributed by atoms with Crippen molar-refractivity contribution in [2.45, 2.75) is 6.10 Å². The average molecular weight is 357 g/mol. The number of nitrogens with one attached hydrogen (secondary N) is 1. The Kier molecular flexibility index (Phi) is 4.01. The summed E-state index contributed by atoms with van der Waals surface area (Å²) in [6, 6.07) is 15.2. The quantitative estimate of drug-likeness (QED) is 0.782. The van der Waals surface area contributed by atoms with Crippen molar-refractivity contribution in [3.05, 3.63) is 59.2 Å². The Balaban J connectivity index is 1.49. The van der Waals surface area contributed by atoms with Crippen LogP contribution in [0.25, 0.3) is 10.9 Å². The summed E-state index contributed by atoms with van der Waals surface area (Å²) < 4.78 is 13.3. The summed E-state index contributed by atoms with van der Waals surface area (Å²) in [5, 5.41) is 4.22. The Morgan fingerprint density at radius 2 is 1.92 bits per heavy atom. The van der Waals surface area contributed by atoms with Gasteiger partial charge >= 0.3 is 0 Å². The highest BCUT2D eigenvalue weighted by atomic mass is 35.5. The maximum Gasteiger partial charge on any atom is 0.269 e. The predicted molar refractivity (Wildman–Crippen MR) is 96.6 cm³/mol. The van der Waals surface area contributed by atoms with Crippen LogP contribution in [-0.2, 0) is 7.05 Å². The molecular formula is C19H17ClN2O3. The van der Waals surface area contributed by atoms with Crippen molar-refractivity contribution in [1.29, 1.82) is 0 Å². The van der Waals surface area contributed by atoms with E-state index in [0.717, 1.165) is 16.7 Å². The topological polar surface area (TPSA) is 52.5 Å². The van der Waals surface area contributed by atoms with Gasteiger partial charge in [0.1, 0.15) is 18.4 Å². The van der Waals surface area contributed by atoms with Gasteiger partial charge in [-0.15, -0.1) is 0 Å². The third kappa shape index (κ3) is 2.81. The van der Waals surface area contributed by atoms with Gasteiger partial charge in [-0.1, -0.05) is 41.9 Å². The maximum absolute atomic E-state index is 12.6. The lowest BCUT2D eigenvalue weighted by Gasteiger charge is -2.26. The van der Waals surface area contributed by atoms with Crippen LogP contribution in [0.1, 0.15) is 10.5 Å². The van der Waals surface area contributed by atoms with Crippen LogP contribution in [0.15, 0.2) is 48.5 Å². The van der Waals surface area contributed by atoms with Crippen molar-refractivity contribution < 1.29 is 14.3 Å². The second-order valence-electron chi connectivity index (χ2n) is 5.95. The number of halogens is 1. The molecule has 0 saturated heterocycles. The lowest BCUT2D eigenvalue weighted by Crippen LogP contribution is -2.41. The van der Waals surface area contributed by atoms with Crippen molar-refractivity contribution in [3.8, 4) is 11.5 Å². The van der Waals surface area contributed by atoms with E-state index in [1.165, 1.54) is 0 Å². The van der Waals surface area contributed by atoms with Gasteiger partial charge in [-0.25, -0.2) is 0 Å². The molecule has 1 amide bonds. The first-order chi connectivity index (χ1) is 12.1. The first-order valence-corrected chi connectivity index (χ1v) is 8.42. The van der Waals surface area contributed by atoms with Crippen LogP contribution in [0.3, 0.4) is 0 Å². The summed E-state index contributed by atoms with van der Waals surface area (Å²) in [6.07, 6.45) is -0.243. The van der Waals surface area contributed by atoms with E-state index >= 15 is 0 Å². The van der Waals surface area contributed by atoms with Gasteiger partial charge in [0, 0.05) is 18.0 Å². The Labute approximate surface area is 150 Å². The summed E-state index contributed by atoms with van der Waals surface area (Å²) in [5.74, 6) is 1.18. The van der Waals surface area contributed by atoms with Crippen LogP contribution in [0.4, 0.5) is 0 Å². The molecule has 128 valence electrons. The minimum atomic E-state index is -0.243. The molecule has 1 aliphatic rings. The summed E-state index contributed by atoms with van der Waals surface area (Å²) in [7, 11) is 1.83. The molecule has 4 rings (SSSR count). The lowest BCUT2D eigenvalue weighted by molar-refractivity contribution is 0.0785. The van der Waals surface area contributed by atoms with Crippen molar-refractivity contribution in [2.24, 2.45) is 7.05 Å². The van der Waals surface area contributed by atoms with Crippen molar-refractivity contribution in [1.82, 2.24) is 9.88 Å². The third-order valence-corrected chi connectivity index (χ3v) is 4.70. The number of carbonyl (C=O) groups is 1. The SMILES string of the molecule is Cn1c(C(=O)NCC2COc3ccccc3O2)c(Cl)c2ccccc21. The molecule has 0 fully saturated rings. The molecule has 1 aromatic heterocycles. The Morgan fingerprint density at radius 1 is 1.20 bits per heavy atom. The van der Waals surface area contributed by atoms with Gasteiger partial charge in [-0.2, -0.15) is 0 Å². The number of amides is 1. The summed E-state index contributed by atoms with van der Waals surface area (Å²) >= 11 is 6.41. The molecule has 3 aromatic rings. The van der Waals surface area contributed by atoms with E-state index in [4.69, 9.17) is 21.1 Å². The van der Waals surface area contributed by atoms with E-state index in [9.17, 15) is 4.79 Å². The molecule has 1 aliphatic heterocycles. The molecule has 2 aromatic carbocycles. The predicted octanol–water partition coefficient (Wildman–Crippen LogP) is 3.40. The van der Waals surface area contributed by atoms with Crippen LogP contribution in [-0.4, -0.2) is 29.7 Å². The van der Waals surface area contributed by atoms with E-state index in [-0.39, 0.29) is 12.0 Å². The standard InChI is InChI=1S/C19H17ClN2O3/c1-22-14-7-3-2-6-13(14)17(20)18(22)19(23)21-10-12-11-24-15-8-4-5-9-16(15)25-12/h2-9,12H,10-11H2,1H3,(H,21,23). The van der Waals surface area contributed by atoms with E-state index in [1.807, 2.05) is 55.6 Å². The summed E-state index contributed by atoms with van der Waals surface area (Å²) in [4.78, 5) is 12.6. The second kappa shape index (κ2) is 6.33. The van der Waals surface area contributed by atoms with Crippen molar-refractivity contribution >= 4 is 28.4 Å². The number of hydrogen-bond donors (Lipinski definition) is 1. The maximum atomic E-state index is 12.6. The number of hydrogen-bond acceptors (Lipinski definition) is 3. The normalized spacial score (nSPS) is 16.0. The molecule has 1 N–H and O–H groups in total. The van der Waals surface area contributed by atoms with E-state index in [0.29, 0.717) is 29.6 Å². The fourth-order valence-corrected chi connectivity index (χ4v) is 3.43. The summed E-state index contributed by atoms with van der Waals surface area (Å²) in [6.45, 7) is 0.727. The number of rotatable bonds is 3. The molecule has 6 heteroatoms. The number of aromatic nitrogens is 1. The molecule has 2 heterocycles. The van der Waals surface area contributed by atoms with E-state index < -0.39 is 0 Å². The fourth-order valence-electron chi connectivity index (χ4n) is 3.05. The molecule has 0 spiro atoms. The van der Waals surface area contributed by atoms with Gasteiger partial charge in [0.05, 0.1) is 11.6 Å². The molecule has 1 unspecified atom stereocenters. The molecule has 0 bridgehead atoms. The number of carbonyl (C=O) groups excluding carboxylic acids is 1. The van der Waals surface area contributed by atoms with E-state index in [1.54, 1.807) is 4.57 Å². The molecule has 5 nitrogen and oxygen atoms in total. The van der Waals surface area contributed by atoms with Gasteiger partial charge in [0.25, 0.3) is 5.91 Å². The molecular weight excluding hydrogens is 340 g/mol. The van der Waals surface area contributed by atoms with Crippen LogP contribution in [0.2, 0.25) is 5.02 Å². The first kappa shape index (κ1) is 15.8. The number of nitrogens with zero attached hydrogens (tertiary/aromatic N) is 1. The minimum Gasteiger partial charge on any atom is -0.486 e. The highest BCUT2D eigenvalue weighted by Gasteiger charge is 2.24. The van der Waals surface area contributed by atoms with Gasteiger partial charge in [0.2, 0.25) is 0 Å². The number of aryl methyl sites for hydroxylation is 1. The second-order valence-corrected chi connectivity index (χ2v) is 6.32. The number of ether oxygens (including phenoxy) is 2. The smallest absolute Gasteiger partial charge is 0.269 e. The molecule has 1 atom stereocenters. The van der Waals surface area contributed by atoms with Crippen molar-refractivity contribution in [3.63, 3.8) is 0 Å². The molecule has 0 saturated carbocycles. The van der Waals surface area contributed by atoms with Crippen LogP contribution < -0.4 is 14.8 Å². The van der Waals surface area contributed by atoms with Crippen LogP contribution in [0.5, 0.6) is 11.5 Å². The minimum absolute atomic E-state index is 0.230. The lowest BCUT2D eigenvalue weighted by atomic mass is 10.2. The monoisotopic (exact) mass is 356 g/mol. The van der Waals surface area contributed by atoms with Crippen molar-refractivity contribution in [2.75, 3.05) is 13.2 Å². The highest BCUT2D eigenvalue weighted by molar-refractivity contribution is 6.38. The van der Waals surface area contributed by atoms with Gasteiger partial charge in [0.15, 0.2) is 11.5 Å². The summed E-state index contributed by atoms with van der Waals surface area (Å²) in [5.41, 5.74) is 1.36. The Hall–Kier alpha value is -2.66. The van der Waals surface area contributed by atoms with Gasteiger partial charge in [-0.3, -0.25) is 4.79 Å². The zero-order chi connectivity index (χ0) is 17.4. The molecule has 25 heavy (non-hydrogen) atoms. The first-order valence-electron chi connectivity index (χ1n) is 8.04. The van der Waals surface area contributed by atoms with Gasteiger partial charge in [-0.05, 0) is 18.2 Å². The fraction of sp³-hybridized carbons (Fsp3) is 0.211. The molecule has 0 radical (unpaired) electrons. The number of fused-ring (bicyclic) bond motifs is 2. The highest BCUT2D eigenvalue weighted by Crippen LogP contribution is 2.31. The van der Waals surface area contributed by atoms with Crippen LogP contribution >= 0.6 is 11.6 Å². The largest absolute Gasteiger partial charge is 0.486 e. The number of benzene rings is 2. The Morgan fingerprint density at radius 3 is 2.72 bits per heavy atom. The molecule has 0 aliphatic carbocycles. The zero-order valence-electron chi connectivity index (χ0n) is 13.7. The van der Waals surface area contributed by atoms with Crippen LogP contribution in [0, 0.1) is 0 Å². The van der Waals surface area contributed by atoms with Gasteiger partial charge < -0.3 is 19.4 Å². The zero-order valence-corrected chi connectivity index (χ0v) is 14.4. The Bertz CT molecular complexity index is 912. The third-order valence-electron chi connectivity index (χ3n) is 4.32. The number of para-hydroxylation sites is 3. The van der Waals surface area contributed by atoms with E-state index in [2.05, 4.69) is 5.32 Å². The average Bonchev–Trinajstić information content (AvgIpc) is 2.91.